The number of aromatic nitrogens is 3. The topological polar surface area (TPSA) is 157 Å². The number of hydrogen-bond donors (Lipinski definition) is 4. The summed E-state index contributed by atoms with van der Waals surface area (Å²) in [5.41, 5.74) is 12.0. The number of aryl methyl sites for hydroxylation is 1. The molecule has 0 unspecified atom stereocenters. The number of hydrogen-bond acceptors (Lipinski definition) is 7. The van der Waals surface area contributed by atoms with E-state index in [1.807, 2.05) is 0 Å². The molecule has 0 aromatic carbocycles. The number of carbonyl (C=O) groups is 1. The van der Waals surface area contributed by atoms with Crippen molar-refractivity contribution in [3.8, 4) is 0 Å². The Hall–Kier alpha value is -2.84. The van der Waals surface area contributed by atoms with Gasteiger partial charge in [0.1, 0.15) is 17.0 Å². The quantitative estimate of drug-likeness (QED) is 0.325. The van der Waals surface area contributed by atoms with E-state index in [-0.39, 0.29) is 28.4 Å². The minimum absolute atomic E-state index is 0.0235. The van der Waals surface area contributed by atoms with Gasteiger partial charge in [0.2, 0.25) is 0 Å². The summed E-state index contributed by atoms with van der Waals surface area (Å²) in [4.78, 5) is 45.2. The molecule has 2 aromatic heterocycles. The molecule has 4 saturated carbocycles. The number of H-pyrrole nitrogens is 2. The SMILES string of the molecule is Nc1[nH]c(=O)c2c(N)nc(=O)[nH]c2c1CCCCCCOC(=O)CC12CC3CC(CC(C3)C1)C2. The Labute approximate surface area is 198 Å². The van der Waals surface area contributed by atoms with Crippen LogP contribution in [0.25, 0.3) is 10.9 Å². The number of ether oxygens (including phenoxy) is 1. The van der Waals surface area contributed by atoms with E-state index in [9.17, 15) is 14.4 Å². The number of nitrogens with two attached hydrogens (primary N) is 2. The maximum atomic E-state index is 12.5. The van der Waals surface area contributed by atoms with Crippen molar-refractivity contribution in [2.45, 2.75) is 77.0 Å². The van der Waals surface area contributed by atoms with Crippen molar-refractivity contribution in [2.75, 3.05) is 18.1 Å². The number of carbonyl (C=O) groups excluding carboxylic acids is 1. The van der Waals surface area contributed by atoms with Crippen molar-refractivity contribution in [1.82, 2.24) is 15.0 Å². The molecule has 0 radical (unpaired) electrons. The fraction of sp³-hybridized carbons (Fsp3) is 0.680. The summed E-state index contributed by atoms with van der Waals surface area (Å²) in [7, 11) is 0. The first kappa shape index (κ1) is 22.9. The van der Waals surface area contributed by atoms with Crippen molar-refractivity contribution in [1.29, 1.82) is 0 Å². The third-order valence-electron chi connectivity index (χ3n) is 8.33. The highest BCUT2D eigenvalue weighted by molar-refractivity contribution is 5.91. The lowest BCUT2D eigenvalue weighted by molar-refractivity contribution is -0.152. The molecular weight excluding hydrogens is 434 g/mol. The minimum Gasteiger partial charge on any atom is -0.466 e. The van der Waals surface area contributed by atoms with Crippen LogP contribution in [-0.4, -0.2) is 27.5 Å². The lowest BCUT2D eigenvalue weighted by Gasteiger charge is -2.56. The van der Waals surface area contributed by atoms with E-state index >= 15 is 0 Å². The van der Waals surface area contributed by atoms with Crippen LogP contribution in [0.3, 0.4) is 0 Å². The third kappa shape index (κ3) is 4.57. The number of aromatic amines is 2. The van der Waals surface area contributed by atoms with E-state index in [1.54, 1.807) is 0 Å². The van der Waals surface area contributed by atoms with Gasteiger partial charge in [-0.15, -0.1) is 0 Å². The van der Waals surface area contributed by atoms with Gasteiger partial charge in [-0.3, -0.25) is 9.59 Å². The molecule has 2 aromatic rings. The minimum atomic E-state index is -0.605. The van der Waals surface area contributed by atoms with Gasteiger partial charge in [-0.1, -0.05) is 12.8 Å². The Bertz CT molecular complexity index is 1160. The molecule has 0 saturated heterocycles. The zero-order valence-electron chi connectivity index (χ0n) is 19.7. The number of unbranched alkanes of at least 4 members (excludes halogenated alkanes) is 3. The number of nitrogen functional groups attached to an aromatic ring is 2. The zero-order chi connectivity index (χ0) is 23.9. The molecule has 4 aliphatic carbocycles. The predicted molar refractivity (Wildman–Crippen MR) is 130 cm³/mol. The Kier molecular flexibility index (Phi) is 6.12. The van der Waals surface area contributed by atoms with Crippen LogP contribution in [0.5, 0.6) is 0 Å². The van der Waals surface area contributed by atoms with Gasteiger partial charge in [-0.05, 0) is 81.0 Å². The third-order valence-corrected chi connectivity index (χ3v) is 8.33. The number of rotatable bonds is 9. The number of fused-ring (bicyclic) bond motifs is 1. The molecular formula is C25H35N5O4. The molecule has 9 heteroatoms. The summed E-state index contributed by atoms with van der Waals surface area (Å²) >= 11 is 0. The average molecular weight is 470 g/mol. The van der Waals surface area contributed by atoms with Gasteiger partial charge in [0.25, 0.3) is 5.56 Å². The van der Waals surface area contributed by atoms with Gasteiger partial charge in [0.15, 0.2) is 0 Å². The first-order chi connectivity index (χ1) is 16.3. The maximum absolute atomic E-state index is 12.5. The summed E-state index contributed by atoms with van der Waals surface area (Å²) in [6.45, 7) is 0.463. The summed E-state index contributed by atoms with van der Waals surface area (Å²) < 4.78 is 5.60. The highest BCUT2D eigenvalue weighted by Crippen LogP contribution is 2.61. The van der Waals surface area contributed by atoms with Gasteiger partial charge in [-0.25, -0.2) is 4.79 Å². The fourth-order valence-corrected chi connectivity index (χ4v) is 7.41. The second-order valence-electron chi connectivity index (χ2n) is 11.0. The van der Waals surface area contributed by atoms with Crippen LogP contribution < -0.4 is 22.7 Å². The molecule has 0 amide bonds. The van der Waals surface area contributed by atoms with Crippen LogP contribution in [0.1, 0.15) is 76.2 Å². The largest absolute Gasteiger partial charge is 0.466 e. The van der Waals surface area contributed by atoms with Crippen molar-refractivity contribution >= 4 is 28.5 Å². The first-order valence-electron chi connectivity index (χ1n) is 12.7. The molecule has 184 valence electrons. The predicted octanol–water partition coefficient (Wildman–Crippen LogP) is 3.03. The summed E-state index contributed by atoms with van der Waals surface area (Å²) in [6, 6.07) is 0. The highest BCUT2D eigenvalue weighted by atomic mass is 16.5. The normalized spacial score (nSPS) is 27.4. The van der Waals surface area contributed by atoms with Gasteiger partial charge >= 0.3 is 11.7 Å². The van der Waals surface area contributed by atoms with Crippen LogP contribution in [0.4, 0.5) is 11.6 Å². The van der Waals surface area contributed by atoms with E-state index in [0.29, 0.717) is 30.5 Å². The van der Waals surface area contributed by atoms with Crippen molar-refractivity contribution in [2.24, 2.45) is 23.2 Å². The Morgan fingerprint density at radius 1 is 0.971 bits per heavy atom. The Morgan fingerprint density at radius 3 is 2.29 bits per heavy atom. The summed E-state index contributed by atoms with van der Waals surface area (Å²) in [5.74, 6) is 2.65. The van der Waals surface area contributed by atoms with E-state index < -0.39 is 11.2 Å². The second-order valence-corrected chi connectivity index (χ2v) is 11.0. The molecule has 2 heterocycles. The van der Waals surface area contributed by atoms with E-state index in [2.05, 4.69) is 15.0 Å². The summed E-state index contributed by atoms with van der Waals surface area (Å²) in [5, 5.41) is 0.162. The molecule has 9 nitrogen and oxygen atoms in total. The highest BCUT2D eigenvalue weighted by Gasteiger charge is 2.51. The average Bonchev–Trinajstić information content (AvgIpc) is 2.72. The van der Waals surface area contributed by atoms with Gasteiger partial charge in [-0.2, -0.15) is 4.98 Å². The Balaban J connectivity index is 1.06. The molecule has 4 aliphatic rings. The second kappa shape index (κ2) is 9.07. The van der Waals surface area contributed by atoms with Crippen molar-refractivity contribution in [3.05, 3.63) is 26.4 Å². The molecule has 34 heavy (non-hydrogen) atoms. The smallest absolute Gasteiger partial charge is 0.347 e. The molecule has 4 fully saturated rings. The molecule has 0 aliphatic heterocycles. The number of esters is 1. The lowest BCUT2D eigenvalue weighted by Crippen LogP contribution is -2.47. The van der Waals surface area contributed by atoms with Crippen molar-refractivity contribution in [3.63, 3.8) is 0 Å². The standard InChI is InChI=1S/C25H35N5O4/c26-21-17(20-19(23(32)29-21)22(27)30-24(33)28-20)5-3-1-2-4-6-34-18(31)13-25-10-14-7-15(11-25)9-16(8-14)12-25/h14-16H,1-13H2,(H3,26,29,32)(H3,27,28,30,33). The van der Waals surface area contributed by atoms with E-state index in [0.717, 1.165) is 43.4 Å². The Morgan fingerprint density at radius 2 is 1.62 bits per heavy atom. The van der Waals surface area contributed by atoms with Crippen LogP contribution in [0.15, 0.2) is 9.59 Å². The van der Waals surface area contributed by atoms with Crippen molar-refractivity contribution < 1.29 is 9.53 Å². The summed E-state index contributed by atoms with van der Waals surface area (Å²) in [6.07, 6.45) is 12.5. The molecule has 0 atom stereocenters. The molecule has 0 spiro atoms. The van der Waals surface area contributed by atoms with Gasteiger partial charge < -0.3 is 26.2 Å². The number of pyridine rings is 1. The van der Waals surface area contributed by atoms with E-state index in [4.69, 9.17) is 16.2 Å². The number of anilines is 2. The maximum Gasteiger partial charge on any atom is 0.347 e. The van der Waals surface area contributed by atoms with Crippen LogP contribution in [0, 0.1) is 23.2 Å². The molecule has 6 rings (SSSR count). The van der Waals surface area contributed by atoms with E-state index in [1.165, 1.54) is 38.5 Å². The zero-order valence-corrected chi connectivity index (χ0v) is 19.7. The lowest BCUT2D eigenvalue weighted by atomic mass is 9.49. The van der Waals surface area contributed by atoms with Crippen LogP contribution in [-0.2, 0) is 16.0 Å². The number of nitrogens with zero attached hydrogens (tertiary/aromatic N) is 1. The first-order valence-corrected chi connectivity index (χ1v) is 12.7. The van der Waals surface area contributed by atoms with Gasteiger partial charge in [0.05, 0.1) is 18.5 Å². The monoisotopic (exact) mass is 469 g/mol. The van der Waals surface area contributed by atoms with Crippen LogP contribution >= 0.6 is 0 Å². The van der Waals surface area contributed by atoms with Gasteiger partial charge in [0, 0.05) is 5.56 Å². The molecule has 6 N–H and O–H groups in total. The van der Waals surface area contributed by atoms with Crippen LogP contribution in [0.2, 0.25) is 0 Å². The molecule has 4 bridgehead atoms. The fourth-order valence-electron chi connectivity index (χ4n) is 7.41. The number of nitrogens with one attached hydrogen (secondary N) is 2.